The summed E-state index contributed by atoms with van der Waals surface area (Å²) in [4.78, 5) is 13.0. The number of ether oxygens (including phenoxy) is 2. The Kier molecular flexibility index (Phi) is 42.7. The highest BCUT2D eigenvalue weighted by atomic mass is 16.7. The average Bonchev–Trinajstić information content (AvgIpc) is 3.29. The maximum atomic E-state index is 13.0. The van der Waals surface area contributed by atoms with Crippen LogP contribution in [0.25, 0.3) is 0 Å². The van der Waals surface area contributed by atoms with Crippen LogP contribution in [0.4, 0.5) is 0 Å². The monoisotopic (exact) mass is 906 g/mol. The number of aliphatic hydroxyl groups excluding tert-OH is 5. The van der Waals surface area contributed by atoms with E-state index in [1.54, 1.807) is 6.08 Å². The summed E-state index contributed by atoms with van der Waals surface area (Å²) in [6.45, 7) is 3.72. The van der Waals surface area contributed by atoms with Gasteiger partial charge in [0.2, 0.25) is 5.91 Å². The van der Waals surface area contributed by atoms with Crippen molar-refractivity contribution in [2.24, 2.45) is 0 Å². The number of hydrogen-bond acceptors (Lipinski definition) is 8. The van der Waals surface area contributed by atoms with Crippen LogP contribution in [0.5, 0.6) is 0 Å². The van der Waals surface area contributed by atoms with Gasteiger partial charge in [-0.3, -0.25) is 4.79 Å². The molecule has 0 spiro atoms. The number of carbonyl (C=O) groups excluding carboxylic acids is 1. The molecular weight excluding hydrogens is 803 g/mol. The maximum absolute atomic E-state index is 13.0. The largest absolute Gasteiger partial charge is 0.394 e. The SMILES string of the molecule is CCCC/C=C/CC/C=C/CC/C=C/C(O)C(COC1OC(CO)C(O)C(O)C1O)NC(=O)CCCCCCCCCCCCCCCCCCCCCCCCCCCCCCC. The van der Waals surface area contributed by atoms with E-state index in [0.717, 1.165) is 51.4 Å². The smallest absolute Gasteiger partial charge is 0.220 e. The molecule has 9 nitrogen and oxygen atoms in total. The summed E-state index contributed by atoms with van der Waals surface area (Å²) in [5.41, 5.74) is 0. The lowest BCUT2D eigenvalue weighted by Gasteiger charge is -2.40. The third-order valence-corrected chi connectivity index (χ3v) is 12.9. The lowest BCUT2D eigenvalue weighted by molar-refractivity contribution is -0.302. The Bertz CT molecular complexity index is 1100. The molecule has 0 aromatic heterocycles. The molecule has 1 heterocycles. The first-order valence-electron chi connectivity index (χ1n) is 27.2. The first kappa shape index (κ1) is 60.4. The molecule has 1 rings (SSSR count). The van der Waals surface area contributed by atoms with Crippen LogP contribution in [0, 0.1) is 0 Å². The lowest BCUT2D eigenvalue weighted by Crippen LogP contribution is -2.60. The highest BCUT2D eigenvalue weighted by Crippen LogP contribution is 2.23. The Morgan fingerprint density at radius 1 is 0.516 bits per heavy atom. The second-order valence-corrected chi connectivity index (χ2v) is 19.0. The third kappa shape index (κ3) is 34.7. The average molecular weight is 906 g/mol. The van der Waals surface area contributed by atoms with E-state index in [-0.39, 0.29) is 12.5 Å². The summed E-state index contributed by atoms with van der Waals surface area (Å²) in [5, 5.41) is 54.2. The molecule has 64 heavy (non-hydrogen) atoms. The summed E-state index contributed by atoms with van der Waals surface area (Å²) in [7, 11) is 0. The fourth-order valence-corrected chi connectivity index (χ4v) is 8.59. The van der Waals surface area contributed by atoms with E-state index in [1.165, 1.54) is 180 Å². The summed E-state index contributed by atoms with van der Waals surface area (Å²) in [6.07, 6.45) is 50.9. The fourth-order valence-electron chi connectivity index (χ4n) is 8.59. The molecule has 6 N–H and O–H groups in total. The van der Waals surface area contributed by atoms with Gasteiger partial charge in [-0.15, -0.1) is 0 Å². The van der Waals surface area contributed by atoms with Gasteiger partial charge < -0.3 is 40.3 Å². The zero-order valence-corrected chi connectivity index (χ0v) is 41.5. The van der Waals surface area contributed by atoms with Crippen molar-refractivity contribution in [3.05, 3.63) is 36.5 Å². The minimum Gasteiger partial charge on any atom is -0.394 e. The van der Waals surface area contributed by atoms with E-state index in [1.807, 2.05) is 6.08 Å². The zero-order valence-electron chi connectivity index (χ0n) is 41.5. The van der Waals surface area contributed by atoms with Crippen molar-refractivity contribution in [3.63, 3.8) is 0 Å². The molecule has 0 aliphatic carbocycles. The Labute approximate surface area is 393 Å². The summed E-state index contributed by atoms with van der Waals surface area (Å²) < 4.78 is 11.2. The van der Waals surface area contributed by atoms with Crippen molar-refractivity contribution in [1.82, 2.24) is 5.32 Å². The molecule has 9 heteroatoms. The van der Waals surface area contributed by atoms with Crippen molar-refractivity contribution in [3.8, 4) is 0 Å². The van der Waals surface area contributed by atoms with E-state index < -0.39 is 49.5 Å². The Morgan fingerprint density at radius 2 is 0.891 bits per heavy atom. The Balaban J connectivity index is 2.15. The minimum atomic E-state index is -1.57. The number of nitrogens with one attached hydrogen (secondary N) is 1. The molecule has 0 saturated carbocycles. The molecule has 1 saturated heterocycles. The van der Waals surface area contributed by atoms with Crippen LogP contribution in [0.1, 0.15) is 251 Å². The molecular formula is C55H103NO8. The van der Waals surface area contributed by atoms with Gasteiger partial charge in [-0.25, -0.2) is 0 Å². The molecule has 1 amide bonds. The predicted molar refractivity (Wildman–Crippen MR) is 267 cm³/mol. The molecule has 1 aliphatic heterocycles. The number of amides is 1. The van der Waals surface area contributed by atoms with Gasteiger partial charge in [-0.1, -0.05) is 243 Å². The topological polar surface area (TPSA) is 149 Å². The lowest BCUT2D eigenvalue weighted by atomic mass is 9.99. The van der Waals surface area contributed by atoms with E-state index in [9.17, 15) is 30.3 Å². The standard InChI is InChI=1S/C55H103NO8/c1-3-5-7-9-11-13-15-17-18-19-20-21-22-23-24-25-26-27-28-29-30-31-32-33-35-37-39-41-43-45-51(59)56-48(47-63-55-54(62)53(61)52(60)50(46-57)64-55)49(58)44-42-40-38-36-34-16-14-12-10-8-6-4-2/h10,12,34,36,42,44,48-50,52-55,57-58,60-62H,3-9,11,13-33,35,37-41,43,45-47H2,1-2H3,(H,56,59)/b12-10+,36-34+,44-42+. The summed E-state index contributed by atoms with van der Waals surface area (Å²) in [6, 6.07) is -0.824. The van der Waals surface area contributed by atoms with Crippen molar-refractivity contribution in [1.29, 1.82) is 0 Å². The highest BCUT2D eigenvalue weighted by Gasteiger charge is 2.44. The van der Waals surface area contributed by atoms with Crippen molar-refractivity contribution >= 4 is 5.91 Å². The van der Waals surface area contributed by atoms with E-state index in [2.05, 4.69) is 43.5 Å². The fraction of sp³-hybridized carbons (Fsp3) is 0.873. The van der Waals surface area contributed by atoms with Gasteiger partial charge in [0.25, 0.3) is 0 Å². The van der Waals surface area contributed by atoms with Gasteiger partial charge in [-0.05, 0) is 38.5 Å². The summed E-state index contributed by atoms with van der Waals surface area (Å²) in [5.74, 6) is -0.188. The molecule has 376 valence electrons. The molecule has 7 atom stereocenters. The number of carbonyl (C=O) groups is 1. The maximum Gasteiger partial charge on any atom is 0.220 e. The van der Waals surface area contributed by atoms with E-state index in [4.69, 9.17) is 9.47 Å². The van der Waals surface area contributed by atoms with Crippen molar-refractivity contribution < 1.29 is 39.8 Å². The van der Waals surface area contributed by atoms with Gasteiger partial charge in [0.15, 0.2) is 6.29 Å². The van der Waals surface area contributed by atoms with Crippen molar-refractivity contribution in [2.75, 3.05) is 13.2 Å². The van der Waals surface area contributed by atoms with Crippen LogP contribution < -0.4 is 5.32 Å². The van der Waals surface area contributed by atoms with Crippen molar-refractivity contribution in [2.45, 2.75) is 294 Å². The molecule has 0 radical (unpaired) electrons. The highest BCUT2D eigenvalue weighted by molar-refractivity contribution is 5.76. The van der Waals surface area contributed by atoms with Crippen LogP contribution in [-0.4, -0.2) is 87.5 Å². The van der Waals surface area contributed by atoms with Gasteiger partial charge in [0, 0.05) is 6.42 Å². The van der Waals surface area contributed by atoms with Crippen LogP contribution in [-0.2, 0) is 14.3 Å². The molecule has 1 aliphatic rings. The number of hydrogen-bond donors (Lipinski definition) is 6. The first-order chi connectivity index (χ1) is 31.3. The third-order valence-electron chi connectivity index (χ3n) is 12.9. The normalized spacial score (nSPS) is 20.3. The molecule has 0 aromatic rings. The Hall–Kier alpha value is -1.59. The van der Waals surface area contributed by atoms with Crippen LogP contribution in [0.15, 0.2) is 36.5 Å². The van der Waals surface area contributed by atoms with Gasteiger partial charge in [0.1, 0.15) is 24.4 Å². The molecule has 1 fully saturated rings. The van der Waals surface area contributed by atoms with Crippen LogP contribution in [0.3, 0.4) is 0 Å². The minimum absolute atomic E-state index is 0.188. The van der Waals surface area contributed by atoms with E-state index >= 15 is 0 Å². The zero-order chi connectivity index (χ0) is 46.6. The Morgan fingerprint density at radius 3 is 1.30 bits per heavy atom. The molecule has 0 aromatic carbocycles. The van der Waals surface area contributed by atoms with Crippen LogP contribution >= 0.6 is 0 Å². The number of allylic oxidation sites excluding steroid dienone is 5. The first-order valence-corrected chi connectivity index (χ1v) is 27.2. The number of aliphatic hydroxyl groups is 5. The van der Waals surface area contributed by atoms with Gasteiger partial charge >= 0.3 is 0 Å². The quantitative estimate of drug-likeness (QED) is 0.0261. The second-order valence-electron chi connectivity index (χ2n) is 19.0. The molecule has 0 bridgehead atoms. The number of unbranched alkanes of at least 4 members (excludes halogenated alkanes) is 32. The van der Waals surface area contributed by atoms with Gasteiger partial charge in [0.05, 0.1) is 25.4 Å². The van der Waals surface area contributed by atoms with Crippen LogP contribution in [0.2, 0.25) is 0 Å². The second kappa shape index (κ2) is 45.2. The molecule has 7 unspecified atom stereocenters. The summed E-state index contributed by atoms with van der Waals surface area (Å²) >= 11 is 0. The number of rotatable bonds is 46. The van der Waals surface area contributed by atoms with Gasteiger partial charge in [-0.2, -0.15) is 0 Å². The van der Waals surface area contributed by atoms with E-state index in [0.29, 0.717) is 6.42 Å². The predicted octanol–water partition coefficient (Wildman–Crippen LogP) is 12.8.